The minimum atomic E-state index is -0.187. The molecule has 3 aromatic carbocycles. The zero-order valence-electron chi connectivity index (χ0n) is 19.7. The van der Waals surface area contributed by atoms with Crippen molar-refractivity contribution >= 4 is 39.2 Å². The molecule has 0 bridgehead atoms. The Kier molecular flexibility index (Phi) is 5.97. The van der Waals surface area contributed by atoms with Crippen molar-refractivity contribution in [2.45, 2.75) is 19.9 Å². The quantitative estimate of drug-likeness (QED) is 0.307. The van der Waals surface area contributed by atoms with Crippen LogP contribution in [0.2, 0.25) is 0 Å². The molecular weight excluding hydrogens is 444 g/mol. The molecule has 3 N–H and O–H groups in total. The second kappa shape index (κ2) is 9.38. The van der Waals surface area contributed by atoms with Crippen LogP contribution in [0, 0.1) is 0 Å². The van der Waals surface area contributed by atoms with Gasteiger partial charge in [0.25, 0.3) is 5.91 Å². The number of para-hydroxylation sites is 1. The Morgan fingerprint density at radius 2 is 1.94 bits per heavy atom. The van der Waals surface area contributed by atoms with Crippen LogP contribution < -0.4 is 20.1 Å². The average molecular weight is 471 g/mol. The molecule has 0 saturated carbocycles. The number of methoxy groups -OCH3 is 1. The maximum Gasteiger partial charge on any atom is 0.258 e. The van der Waals surface area contributed by atoms with Crippen LogP contribution in [0.4, 0.5) is 11.5 Å². The van der Waals surface area contributed by atoms with Crippen LogP contribution in [0.15, 0.2) is 66.9 Å². The molecule has 0 aliphatic carbocycles. The number of aromatic amines is 1. The first-order valence-electron chi connectivity index (χ1n) is 11.3. The molecule has 1 amide bonds. The monoisotopic (exact) mass is 470 g/mol. The summed E-state index contributed by atoms with van der Waals surface area (Å²) in [4.78, 5) is 12.0. The molecule has 9 heteroatoms. The van der Waals surface area contributed by atoms with Crippen LogP contribution in [0.3, 0.4) is 0 Å². The molecule has 0 saturated heterocycles. The van der Waals surface area contributed by atoms with Gasteiger partial charge in [0.15, 0.2) is 23.9 Å². The molecule has 0 aliphatic rings. The van der Waals surface area contributed by atoms with Crippen molar-refractivity contribution in [1.29, 1.82) is 0 Å². The number of fused-ring (bicyclic) bond motifs is 2. The van der Waals surface area contributed by atoms with Crippen molar-refractivity contribution in [2.75, 3.05) is 19.0 Å². The summed E-state index contributed by atoms with van der Waals surface area (Å²) in [6.45, 7) is 3.72. The van der Waals surface area contributed by atoms with Crippen LogP contribution in [-0.4, -0.2) is 45.6 Å². The Labute approximate surface area is 202 Å². The summed E-state index contributed by atoms with van der Waals surface area (Å²) in [5.41, 5.74) is 3.62. The SMILES string of the molecule is COc1cc(-n2nc(Nc3ccc4[nH]ncc4c3)c3ccccc32)ccc1OCC(=O)NC(C)C. The van der Waals surface area contributed by atoms with Crippen LogP contribution in [0.5, 0.6) is 11.5 Å². The molecule has 5 aromatic rings. The van der Waals surface area contributed by atoms with Gasteiger partial charge in [-0.05, 0) is 56.3 Å². The lowest BCUT2D eigenvalue weighted by molar-refractivity contribution is -0.123. The lowest BCUT2D eigenvalue weighted by Gasteiger charge is -2.13. The molecule has 2 heterocycles. The lowest BCUT2D eigenvalue weighted by Crippen LogP contribution is -2.34. The maximum atomic E-state index is 12.0. The number of benzene rings is 3. The van der Waals surface area contributed by atoms with Gasteiger partial charge in [-0.1, -0.05) is 12.1 Å². The second-order valence-electron chi connectivity index (χ2n) is 8.42. The highest BCUT2D eigenvalue weighted by molar-refractivity contribution is 5.94. The molecule has 0 unspecified atom stereocenters. The van der Waals surface area contributed by atoms with Crippen molar-refractivity contribution < 1.29 is 14.3 Å². The zero-order valence-corrected chi connectivity index (χ0v) is 19.7. The topological polar surface area (TPSA) is 106 Å². The molecular formula is C26H26N6O3. The normalized spacial score (nSPS) is 11.2. The van der Waals surface area contributed by atoms with Gasteiger partial charge in [-0.3, -0.25) is 9.89 Å². The number of anilines is 2. The number of nitrogens with one attached hydrogen (secondary N) is 3. The van der Waals surface area contributed by atoms with Gasteiger partial charge in [0, 0.05) is 28.6 Å². The van der Waals surface area contributed by atoms with Crippen molar-refractivity contribution in [2.24, 2.45) is 0 Å². The third kappa shape index (κ3) is 4.61. The van der Waals surface area contributed by atoms with E-state index in [9.17, 15) is 4.79 Å². The van der Waals surface area contributed by atoms with Gasteiger partial charge in [0.2, 0.25) is 0 Å². The Morgan fingerprint density at radius 3 is 2.77 bits per heavy atom. The largest absolute Gasteiger partial charge is 0.493 e. The van der Waals surface area contributed by atoms with Crippen molar-refractivity contribution in [3.63, 3.8) is 0 Å². The fraction of sp³-hybridized carbons (Fsp3) is 0.192. The molecule has 0 radical (unpaired) electrons. The van der Waals surface area contributed by atoms with Crippen LogP contribution >= 0.6 is 0 Å². The number of aromatic nitrogens is 4. The molecule has 9 nitrogen and oxygen atoms in total. The predicted molar refractivity (Wildman–Crippen MR) is 136 cm³/mol. The summed E-state index contributed by atoms with van der Waals surface area (Å²) >= 11 is 0. The number of H-pyrrole nitrogens is 1. The molecule has 0 spiro atoms. The summed E-state index contributed by atoms with van der Waals surface area (Å²) in [7, 11) is 1.57. The summed E-state index contributed by atoms with van der Waals surface area (Å²) in [6.07, 6.45) is 1.79. The number of nitrogens with zero attached hydrogens (tertiary/aromatic N) is 3. The van der Waals surface area contributed by atoms with E-state index in [2.05, 4.69) is 20.8 Å². The number of hydrogen-bond acceptors (Lipinski definition) is 6. The average Bonchev–Trinajstić information content (AvgIpc) is 3.47. The summed E-state index contributed by atoms with van der Waals surface area (Å²) < 4.78 is 13.1. The minimum absolute atomic E-state index is 0.0490. The van der Waals surface area contributed by atoms with Crippen molar-refractivity contribution in [3.8, 4) is 17.2 Å². The maximum absolute atomic E-state index is 12.0. The Balaban J connectivity index is 1.46. The molecule has 2 aromatic heterocycles. The van der Waals surface area contributed by atoms with Crippen LogP contribution in [0.1, 0.15) is 13.8 Å². The zero-order chi connectivity index (χ0) is 24.4. The molecule has 0 fully saturated rings. The van der Waals surface area contributed by atoms with Gasteiger partial charge in [-0.25, -0.2) is 4.68 Å². The smallest absolute Gasteiger partial charge is 0.258 e. The summed E-state index contributed by atoms with van der Waals surface area (Å²) in [5.74, 6) is 1.54. The van der Waals surface area contributed by atoms with Crippen LogP contribution in [0.25, 0.3) is 27.5 Å². The number of carbonyl (C=O) groups is 1. The summed E-state index contributed by atoms with van der Waals surface area (Å²) in [6, 6.07) is 19.6. The highest BCUT2D eigenvalue weighted by Crippen LogP contribution is 2.33. The number of rotatable bonds is 8. The van der Waals surface area contributed by atoms with Crippen molar-refractivity contribution in [1.82, 2.24) is 25.3 Å². The minimum Gasteiger partial charge on any atom is -0.493 e. The van der Waals surface area contributed by atoms with Crippen LogP contribution in [-0.2, 0) is 4.79 Å². The second-order valence-corrected chi connectivity index (χ2v) is 8.42. The van der Waals surface area contributed by atoms with Gasteiger partial charge >= 0.3 is 0 Å². The summed E-state index contributed by atoms with van der Waals surface area (Å²) in [5, 5.41) is 20.1. The molecule has 0 atom stereocenters. The van der Waals surface area contributed by atoms with Gasteiger partial charge in [-0.15, -0.1) is 5.10 Å². The molecule has 5 rings (SSSR count). The van der Waals surface area contributed by atoms with E-state index in [1.165, 1.54) is 0 Å². The van der Waals surface area contributed by atoms with Gasteiger partial charge in [0.1, 0.15) is 0 Å². The number of ether oxygens (including phenoxy) is 2. The Bertz CT molecular complexity index is 1500. The van der Waals surface area contributed by atoms with Gasteiger partial charge < -0.3 is 20.1 Å². The number of amides is 1. The molecule has 0 aliphatic heterocycles. The van der Waals surface area contributed by atoms with E-state index >= 15 is 0 Å². The van der Waals surface area contributed by atoms with E-state index in [-0.39, 0.29) is 18.6 Å². The first-order chi connectivity index (χ1) is 17.0. The number of hydrogen-bond donors (Lipinski definition) is 3. The van der Waals surface area contributed by atoms with Crippen molar-refractivity contribution in [3.05, 3.63) is 66.9 Å². The van der Waals surface area contributed by atoms with E-state index in [1.807, 2.05) is 73.1 Å². The van der Waals surface area contributed by atoms with E-state index in [1.54, 1.807) is 19.4 Å². The Morgan fingerprint density at radius 1 is 1.09 bits per heavy atom. The van der Waals surface area contributed by atoms with E-state index in [0.29, 0.717) is 11.5 Å². The van der Waals surface area contributed by atoms with Gasteiger partial charge in [-0.2, -0.15) is 5.10 Å². The first kappa shape index (κ1) is 22.3. The number of carbonyl (C=O) groups excluding carboxylic acids is 1. The third-order valence-electron chi connectivity index (χ3n) is 5.49. The first-order valence-corrected chi connectivity index (χ1v) is 11.3. The predicted octanol–water partition coefficient (Wildman–Crippen LogP) is 4.56. The molecule has 35 heavy (non-hydrogen) atoms. The van der Waals surface area contributed by atoms with Gasteiger partial charge in [0.05, 0.1) is 30.0 Å². The molecule has 178 valence electrons. The highest BCUT2D eigenvalue weighted by atomic mass is 16.5. The van der Waals surface area contributed by atoms with E-state index < -0.39 is 0 Å². The highest BCUT2D eigenvalue weighted by Gasteiger charge is 2.15. The fourth-order valence-corrected chi connectivity index (χ4v) is 3.93. The van der Waals surface area contributed by atoms with E-state index in [4.69, 9.17) is 14.6 Å². The Hall–Kier alpha value is -4.53. The van der Waals surface area contributed by atoms with E-state index in [0.717, 1.165) is 39.0 Å². The third-order valence-corrected chi connectivity index (χ3v) is 5.49. The lowest BCUT2D eigenvalue weighted by atomic mass is 10.2. The fourth-order valence-electron chi connectivity index (χ4n) is 3.93. The standard InChI is InChI=1S/C26H26N6O3/c1-16(2)28-25(33)15-35-23-11-9-19(13-24(23)34-3)32-22-7-5-4-6-20(22)26(31-32)29-18-8-10-21-17(12-18)14-27-30-21/h4-14,16H,15H2,1-3H3,(H,27,30)(H,28,33)(H,29,31).